The Kier molecular flexibility index (Phi) is 10.6. The monoisotopic (exact) mass is 462 g/mol. The van der Waals surface area contributed by atoms with Gasteiger partial charge in [-0.3, -0.25) is 0 Å². The normalized spacial score (nSPS) is 15.4. The summed E-state index contributed by atoms with van der Waals surface area (Å²) in [6.07, 6.45) is 3.98. The third-order valence-corrected chi connectivity index (χ3v) is 4.21. The molecule has 1 aromatic rings. The van der Waals surface area contributed by atoms with Crippen LogP contribution in [0.3, 0.4) is 0 Å². The summed E-state index contributed by atoms with van der Waals surface area (Å²) in [6.45, 7) is 7.57. The fourth-order valence-electron chi connectivity index (χ4n) is 2.84. The quantitative estimate of drug-likeness (QED) is 0.330. The first-order valence-corrected chi connectivity index (χ1v) is 8.83. The number of aromatic hydroxyl groups is 1. The highest BCUT2D eigenvalue weighted by molar-refractivity contribution is 14.0. The third kappa shape index (κ3) is 7.68. The van der Waals surface area contributed by atoms with Gasteiger partial charge in [-0.15, -0.1) is 24.0 Å². The Balaban J connectivity index is 0.00000312. The number of phenols is 1. The average Bonchev–Trinajstić information content (AvgIpc) is 2.61. The smallest absolute Gasteiger partial charge is 0.191 e. The number of rotatable bonds is 7. The summed E-state index contributed by atoms with van der Waals surface area (Å²) < 4.78 is 5.20. The van der Waals surface area contributed by atoms with Crippen LogP contribution in [-0.2, 0) is 6.54 Å². The number of nitrogens with zero attached hydrogens (tertiary/aromatic N) is 2. The van der Waals surface area contributed by atoms with Crippen molar-refractivity contribution in [3.8, 4) is 11.5 Å². The van der Waals surface area contributed by atoms with Crippen LogP contribution in [0, 0.1) is 0 Å². The molecule has 0 amide bonds. The molecule has 0 spiro atoms. The van der Waals surface area contributed by atoms with Crippen LogP contribution < -0.4 is 15.4 Å². The largest absolute Gasteiger partial charge is 0.508 e. The number of benzene rings is 1. The molecule has 1 heterocycles. The second kappa shape index (κ2) is 12.2. The molecular formula is C18H31IN4O2. The number of methoxy groups -OCH3 is 1. The number of piperidine rings is 1. The number of ether oxygens (including phenoxy) is 1. The van der Waals surface area contributed by atoms with Gasteiger partial charge in [0.05, 0.1) is 13.7 Å². The van der Waals surface area contributed by atoms with E-state index in [1.807, 2.05) is 13.0 Å². The SMILES string of the molecule is CCNC(=NCc1cc(OC)ccc1O)NCCN1CCCCC1.I. The van der Waals surface area contributed by atoms with Crippen molar-refractivity contribution in [2.75, 3.05) is 39.8 Å². The Hall–Kier alpha value is -1.22. The Morgan fingerprint density at radius 3 is 2.68 bits per heavy atom. The van der Waals surface area contributed by atoms with Crippen LogP contribution in [0.4, 0.5) is 0 Å². The maximum absolute atomic E-state index is 9.95. The van der Waals surface area contributed by atoms with E-state index in [9.17, 15) is 5.11 Å². The zero-order valence-corrected chi connectivity index (χ0v) is 17.6. The van der Waals surface area contributed by atoms with Gasteiger partial charge in [-0.05, 0) is 51.1 Å². The van der Waals surface area contributed by atoms with Crippen LogP contribution in [0.1, 0.15) is 31.7 Å². The summed E-state index contributed by atoms with van der Waals surface area (Å²) in [7, 11) is 1.62. The van der Waals surface area contributed by atoms with Gasteiger partial charge in [0, 0.05) is 25.2 Å². The van der Waals surface area contributed by atoms with Crippen molar-refractivity contribution in [2.45, 2.75) is 32.7 Å². The molecule has 3 N–H and O–H groups in total. The molecule has 142 valence electrons. The zero-order valence-electron chi connectivity index (χ0n) is 15.3. The van der Waals surface area contributed by atoms with Gasteiger partial charge in [0.2, 0.25) is 0 Å². The summed E-state index contributed by atoms with van der Waals surface area (Å²) in [5.41, 5.74) is 0.752. The van der Waals surface area contributed by atoms with E-state index in [1.165, 1.54) is 32.4 Å². The number of likely N-dealkylation sites (tertiary alicyclic amines) is 1. The Labute approximate surface area is 168 Å². The highest BCUT2D eigenvalue weighted by Gasteiger charge is 2.09. The molecule has 7 heteroatoms. The first-order chi connectivity index (χ1) is 11.7. The molecule has 0 saturated carbocycles. The summed E-state index contributed by atoms with van der Waals surface area (Å²) in [6, 6.07) is 5.20. The number of hydrogen-bond acceptors (Lipinski definition) is 4. The second-order valence-electron chi connectivity index (χ2n) is 6.02. The number of aliphatic imine (C=N–C) groups is 1. The molecule has 0 radical (unpaired) electrons. The molecule has 0 aliphatic carbocycles. The van der Waals surface area contributed by atoms with Crippen molar-refractivity contribution in [1.82, 2.24) is 15.5 Å². The van der Waals surface area contributed by atoms with E-state index in [0.717, 1.165) is 36.9 Å². The van der Waals surface area contributed by atoms with Crippen molar-refractivity contribution in [2.24, 2.45) is 4.99 Å². The van der Waals surface area contributed by atoms with Crippen molar-refractivity contribution in [3.05, 3.63) is 23.8 Å². The van der Waals surface area contributed by atoms with Crippen molar-refractivity contribution in [3.63, 3.8) is 0 Å². The van der Waals surface area contributed by atoms with Gasteiger partial charge >= 0.3 is 0 Å². The molecule has 0 atom stereocenters. The Morgan fingerprint density at radius 2 is 2.00 bits per heavy atom. The molecule has 2 rings (SSSR count). The van der Waals surface area contributed by atoms with E-state index in [1.54, 1.807) is 19.2 Å². The van der Waals surface area contributed by atoms with Crippen LogP contribution in [0.5, 0.6) is 11.5 Å². The minimum atomic E-state index is 0. The standard InChI is InChI=1S/C18H30N4O2.HI/c1-3-19-18(20-9-12-22-10-5-4-6-11-22)21-14-15-13-16(24-2)7-8-17(15)23;/h7-8,13,23H,3-6,9-12,14H2,1-2H3,(H2,19,20,21);1H. The van der Waals surface area contributed by atoms with Crippen LogP contribution in [0.2, 0.25) is 0 Å². The minimum absolute atomic E-state index is 0. The molecule has 1 aromatic carbocycles. The summed E-state index contributed by atoms with van der Waals surface area (Å²) in [5.74, 6) is 1.74. The van der Waals surface area contributed by atoms with E-state index in [4.69, 9.17) is 4.74 Å². The van der Waals surface area contributed by atoms with Crippen LogP contribution in [-0.4, -0.2) is 55.8 Å². The number of guanidine groups is 1. The summed E-state index contributed by atoms with van der Waals surface area (Å²) in [4.78, 5) is 7.06. The highest BCUT2D eigenvalue weighted by atomic mass is 127. The average molecular weight is 462 g/mol. The first-order valence-electron chi connectivity index (χ1n) is 8.83. The highest BCUT2D eigenvalue weighted by Crippen LogP contribution is 2.23. The predicted octanol–water partition coefficient (Wildman–Crippen LogP) is 2.56. The lowest BCUT2D eigenvalue weighted by Crippen LogP contribution is -2.42. The predicted molar refractivity (Wildman–Crippen MR) is 113 cm³/mol. The fraction of sp³-hybridized carbons (Fsp3) is 0.611. The number of halogens is 1. The van der Waals surface area contributed by atoms with Gasteiger partial charge in [0.1, 0.15) is 11.5 Å². The maximum Gasteiger partial charge on any atom is 0.191 e. The van der Waals surface area contributed by atoms with Crippen LogP contribution in [0.25, 0.3) is 0 Å². The van der Waals surface area contributed by atoms with E-state index < -0.39 is 0 Å². The Bertz CT molecular complexity index is 534. The third-order valence-electron chi connectivity index (χ3n) is 4.21. The molecular weight excluding hydrogens is 431 g/mol. The number of hydrogen-bond donors (Lipinski definition) is 3. The first kappa shape index (κ1) is 21.8. The number of nitrogens with one attached hydrogen (secondary N) is 2. The van der Waals surface area contributed by atoms with E-state index >= 15 is 0 Å². The van der Waals surface area contributed by atoms with Crippen LogP contribution >= 0.6 is 24.0 Å². The zero-order chi connectivity index (χ0) is 17.2. The van der Waals surface area contributed by atoms with Gasteiger partial charge < -0.3 is 25.4 Å². The Morgan fingerprint density at radius 1 is 1.24 bits per heavy atom. The molecule has 25 heavy (non-hydrogen) atoms. The van der Waals surface area contributed by atoms with Gasteiger partial charge in [-0.2, -0.15) is 0 Å². The molecule has 0 aromatic heterocycles. The maximum atomic E-state index is 9.95. The molecule has 1 aliphatic heterocycles. The molecule has 0 unspecified atom stereocenters. The number of phenolic OH excluding ortho intramolecular Hbond substituents is 1. The van der Waals surface area contributed by atoms with Crippen molar-refractivity contribution in [1.29, 1.82) is 0 Å². The van der Waals surface area contributed by atoms with Crippen LogP contribution in [0.15, 0.2) is 23.2 Å². The topological polar surface area (TPSA) is 69.1 Å². The lowest BCUT2D eigenvalue weighted by atomic mass is 10.1. The van der Waals surface area contributed by atoms with E-state index in [0.29, 0.717) is 6.54 Å². The summed E-state index contributed by atoms with van der Waals surface area (Å²) in [5, 5.41) is 16.6. The van der Waals surface area contributed by atoms with Crippen molar-refractivity contribution >= 4 is 29.9 Å². The van der Waals surface area contributed by atoms with Gasteiger partial charge in [-0.1, -0.05) is 6.42 Å². The van der Waals surface area contributed by atoms with E-state index in [-0.39, 0.29) is 29.7 Å². The second-order valence-corrected chi connectivity index (χ2v) is 6.02. The summed E-state index contributed by atoms with van der Waals surface area (Å²) >= 11 is 0. The fourth-order valence-corrected chi connectivity index (χ4v) is 2.84. The molecule has 1 aliphatic rings. The van der Waals surface area contributed by atoms with E-state index in [2.05, 4.69) is 20.5 Å². The minimum Gasteiger partial charge on any atom is -0.508 e. The van der Waals surface area contributed by atoms with Gasteiger partial charge in [0.15, 0.2) is 5.96 Å². The molecule has 1 fully saturated rings. The molecule has 6 nitrogen and oxygen atoms in total. The lowest BCUT2D eigenvalue weighted by molar-refractivity contribution is 0.232. The van der Waals surface area contributed by atoms with Gasteiger partial charge in [-0.25, -0.2) is 4.99 Å². The van der Waals surface area contributed by atoms with Gasteiger partial charge in [0.25, 0.3) is 0 Å². The molecule has 0 bridgehead atoms. The molecule has 1 saturated heterocycles. The lowest BCUT2D eigenvalue weighted by Gasteiger charge is -2.26. The van der Waals surface area contributed by atoms with Crippen molar-refractivity contribution < 1.29 is 9.84 Å².